The number of aromatic nitrogens is 1. The highest BCUT2D eigenvalue weighted by Crippen LogP contribution is 2.27. The van der Waals surface area contributed by atoms with Gasteiger partial charge in [-0.25, -0.2) is 0 Å². The zero-order valence-electron chi connectivity index (χ0n) is 12.1. The van der Waals surface area contributed by atoms with Gasteiger partial charge in [-0.3, -0.25) is 20.4 Å². The summed E-state index contributed by atoms with van der Waals surface area (Å²) in [5, 5.41) is 0. The molecule has 0 bridgehead atoms. The van der Waals surface area contributed by atoms with Crippen LogP contribution in [0.25, 0.3) is 0 Å². The van der Waals surface area contributed by atoms with Crippen LogP contribution in [0.1, 0.15) is 61.9 Å². The molecule has 0 atom stereocenters. The van der Waals surface area contributed by atoms with Gasteiger partial charge in [0.15, 0.2) is 0 Å². The maximum atomic E-state index is 11.7. The summed E-state index contributed by atoms with van der Waals surface area (Å²) < 4.78 is 0.798. The van der Waals surface area contributed by atoms with E-state index >= 15 is 0 Å². The molecule has 2 rings (SSSR count). The molecular weight excluding hydrogens is 334 g/mol. The monoisotopic (exact) mass is 355 g/mol. The first-order valence-corrected chi connectivity index (χ1v) is 8.37. The Kier molecular flexibility index (Phi) is 6.29. The number of H-pyrrole nitrogens is 1. The lowest BCUT2D eigenvalue weighted by Crippen LogP contribution is -2.41. The number of hydrazine groups is 1. The number of amides is 2. The minimum absolute atomic E-state index is 0.134. The van der Waals surface area contributed by atoms with E-state index in [1.54, 1.807) is 12.3 Å². The van der Waals surface area contributed by atoms with Crippen LogP contribution < -0.4 is 10.9 Å². The fourth-order valence-electron chi connectivity index (χ4n) is 2.78. The molecule has 5 nitrogen and oxygen atoms in total. The lowest BCUT2D eigenvalue weighted by Gasteiger charge is -2.21. The minimum atomic E-state index is -0.346. The van der Waals surface area contributed by atoms with E-state index in [4.69, 9.17) is 0 Å². The van der Waals surface area contributed by atoms with Gasteiger partial charge in [-0.15, -0.1) is 0 Å². The first-order chi connectivity index (χ1) is 10.1. The van der Waals surface area contributed by atoms with Crippen molar-refractivity contribution in [3.05, 3.63) is 22.4 Å². The second kappa shape index (κ2) is 8.22. The van der Waals surface area contributed by atoms with Gasteiger partial charge < -0.3 is 4.98 Å². The summed E-state index contributed by atoms with van der Waals surface area (Å²) in [5.74, 6) is 0.309. The van der Waals surface area contributed by atoms with Crippen molar-refractivity contribution in [1.29, 1.82) is 0 Å². The van der Waals surface area contributed by atoms with Crippen molar-refractivity contribution in [1.82, 2.24) is 15.8 Å². The van der Waals surface area contributed by atoms with Crippen LogP contribution in [0.15, 0.2) is 16.7 Å². The molecule has 116 valence electrons. The maximum Gasteiger partial charge on any atom is 0.286 e. The Bertz CT molecular complexity index is 481. The molecule has 1 aromatic heterocycles. The van der Waals surface area contributed by atoms with Gasteiger partial charge in [0.25, 0.3) is 5.91 Å². The second-order valence-corrected chi connectivity index (χ2v) is 6.55. The third-order valence-corrected chi connectivity index (χ3v) is 4.41. The van der Waals surface area contributed by atoms with Crippen LogP contribution >= 0.6 is 15.9 Å². The topological polar surface area (TPSA) is 74.0 Å². The molecule has 0 aromatic carbocycles. The van der Waals surface area contributed by atoms with E-state index in [0.717, 1.165) is 23.2 Å². The first-order valence-electron chi connectivity index (χ1n) is 7.58. The third-order valence-electron chi connectivity index (χ3n) is 3.95. The Morgan fingerprint density at radius 3 is 2.67 bits per heavy atom. The molecule has 1 heterocycles. The Morgan fingerprint density at radius 2 is 2.00 bits per heavy atom. The minimum Gasteiger partial charge on any atom is -0.356 e. The van der Waals surface area contributed by atoms with E-state index in [1.807, 2.05) is 0 Å². The van der Waals surface area contributed by atoms with Crippen molar-refractivity contribution in [2.45, 2.75) is 51.4 Å². The lowest BCUT2D eigenvalue weighted by molar-refractivity contribution is -0.122. The maximum absolute atomic E-state index is 11.7. The number of hydrogen-bond acceptors (Lipinski definition) is 2. The molecule has 0 unspecified atom stereocenters. The van der Waals surface area contributed by atoms with Gasteiger partial charge in [0.05, 0.1) is 0 Å². The van der Waals surface area contributed by atoms with Crippen molar-refractivity contribution < 1.29 is 9.59 Å². The quantitative estimate of drug-likeness (QED) is 0.709. The van der Waals surface area contributed by atoms with E-state index < -0.39 is 0 Å². The predicted octanol–water partition coefficient (Wildman–Crippen LogP) is 3.29. The number of aromatic amines is 1. The molecule has 21 heavy (non-hydrogen) atoms. The molecule has 1 aliphatic rings. The second-order valence-electron chi connectivity index (χ2n) is 5.63. The molecule has 2 amide bonds. The van der Waals surface area contributed by atoms with Crippen LogP contribution in [0.5, 0.6) is 0 Å². The number of nitrogens with one attached hydrogen (secondary N) is 3. The molecule has 1 aliphatic carbocycles. The smallest absolute Gasteiger partial charge is 0.286 e. The molecule has 0 radical (unpaired) electrons. The van der Waals surface area contributed by atoms with Gasteiger partial charge in [0.2, 0.25) is 5.91 Å². The highest BCUT2D eigenvalue weighted by atomic mass is 79.9. The van der Waals surface area contributed by atoms with E-state index in [2.05, 4.69) is 31.8 Å². The normalized spacial score (nSPS) is 15.7. The molecular formula is C15H22BrN3O2. The molecule has 1 aromatic rings. The van der Waals surface area contributed by atoms with Crippen molar-refractivity contribution in [3.8, 4) is 0 Å². The molecule has 6 heteroatoms. The van der Waals surface area contributed by atoms with Crippen LogP contribution in [0, 0.1) is 5.92 Å². The van der Waals surface area contributed by atoms with Gasteiger partial charge in [-0.2, -0.15) is 0 Å². The zero-order chi connectivity index (χ0) is 15.1. The number of carbonyl (C=O) groups excluding carboxylic acids is 2. The Hall–Kier alpha value is -1.30. The van der Waals surface area contributed by atoms with Crippen molar-refractivity contribution in [3.63, 3.8) is 0 Å². The van der Waals surface area contributed by atoms with Crippen LogP contribution in [-0.4, -0.2) is 16.8 Å². The Balaban J connectivity index is 1.60. The average molecular weight is 356 g/mol. The summed E-state index contributed by atoms with van der Waals surface area (Å²) in [6.07, 6.45) is 10.8. The molecule has 3 N–H and O–H groups in total. The molecule has 0 saturated heterocycles. The molecule has 0 spiro atoms. The third kappa shape index (κ3) is 5.53. The van der Waals surface area contributed by atoms with Crippen LogP contribution in [0.2, 0.25) is 0 Å². The summed E-state index contributed by atoms with van der Waals surface area (Å²) in [5.41, 5.74) is 5.27. The number of halogens is 1. The zero-order valence-corrected chi connectivity index (χ0v) is 13.7. The summed E-state index contributed by atoms with van der Waals surface area (Å²) in [7, 11) is 0. The SMILES string of the molecule is O=C(CCCC1CCCCC1)NNC(=O)c1cc(Br)c[nH]1. The number of carbonyl (C=O) groups is 2. The lowest BCUT2D eigenvalue weighted by atomic mass is 9.86. The van der Waals surface area contributed by atoms with Crippen molar-refractivity contribution >= 4 is 27.7 Å². The van der Waals surface area contributed by atoms with Crippen LogP contribution in [0.3, 0.4) is 0 Å². The summed E-state index contributed by atoms with van der Waals surface area (Å²) in [6, 6.07) is 1.66. The summed E-state index contributed by atoms with van der Waals surface area (Å²) in [4.78, 5) is 26.2. The van der Waals surface area contributed by atoms with Gasteiger partial charge in [-0.05, 0) is 40.8 Å². The largest absolute Gasteiger partial charge is 0.356 e. The highest BCUT2D eigenvalue weighted by molar-refractivity contribution is 9.10. The highest BCUT2D eigenvalue weighted by Gasteiger charge is 2.14. The molecule has 0 aliphatic heterocycles. The number of rotatable bonds is 5. The Morgan fingerprint density at radius 1 is 1.24 bits per heavy atom. The average Bonchev–Trinajstić information content (AvgIpc) is 2.92. The molecule has 1 fully saturated rings. The van der Waals surface area contributed by atoms with Crippen LogP contribution in [-0.2, 0) is 4.79 Å². The van der Waals surface area contributed by atoms with Gasteiger partial charge >= 0.3 is 0 Å². The Labute approximate surface area is 133 Å². The summed E-state index contributed by atoms with van der Waals surface area (Å²) in [6.45, 7) is 0. The standard InChI is InChI=1S/C15H22BrN3O2/c16-12-9-13(17-10-12)15(21)19-18-14(20)8-4-7-11-5-2-1-3-6-11/h9-11,17H,1-8H2,(H,18,20)(H,19,21). The fraction of sp³-hybridized carbons (Fsp3) is 0.600. The van der Waals surface area contributed by atoms with Crippen molar-refractivity contribution in [2.24, 2.45) is 5.92 Å². The predicted molar refractivity (Wildman–Crippen MR) is 84.5 cm³/mol. The number of hydrogen-bond donors (Lipinski definition) is 3. The van der Waals surface area contributed by atoms with E-state index in [1.165, 1.54) is 32.1 Å². The first kappa shape index (κ1) is 16.1. The molecule has 1 saturated carbocycles. The fourth-order valence-corrected chi connectivity index (χ4v) is 3.13. The van der Waals surface area contributed by atoms with Gasteiger partial charge in [-0.1, -0.05) is 32.1 Å². The van der Waals surface area contributed by atoms with Crippen LogP contribution in [0.4, 0.5) is 0 Å². The van der Waals surface area contributed by atoms with E-state index in [-0.39, 0.29) is 11.8 Å². The summed E-state index contributed by atoms with van der Waals surface area (Å²) >= 11 is 3.25. The van der Waals surface area contributed by atoms with E-state index in [0.29, 0.717) is 12.1 Å². The van der Waals surface area contributed by atoms with E-state index in [9.17, 15) is 9.59 Å². The van der Waals surface area contributed by atoms with Gasteiger partial charge in [0.1, 0.15) is 5.69 Å². The van der Waals surface area contributed by atoms with Crippen molar-refractivity contribution in [2.75, 3.05) is 0 Å². The van der Waals surface area contributed by atoms with Gasteiger partial charge in [0, 0.05) is 17.1 Å².